The highest BCUT2D eigenvalue weighted by Gasteiger charge is 2.35. The zero-order chi connectivity index (χ0) is 18.3. The molecule has 0 aliphatic heterocycles. The van der Waals surface area contributed by atoms with Crippen LogP contribution in [0.2, 0.25) is 0 Å². The first kappa shape index (κ1) is 17.1. The van der Waals surface area contributed by atoms with E-state index in [9.17, 15) is 13.2 Å². The van der Waals surface area contributed by atoms with E-state index in [1.54, 1.807) is 6.07 Å². The lowest BCUT2D eigenvalue weighted by Gasteiger charge is -2.28. The molecule has 0 amide bonds. The minimum Gasteiger partial charge on any atom is -0.439 e. The fourth-order valence-electron chi connectivity index (χ4n) is 3.30. The summed E-state index contributed by atoms with van der Waals surface area (Å²) in [5.74, 6) is 0.594. The Morgan fingerprint density at radius 1 is 1.15 bits per heavy atom. The monoisotopic (exact) mass is 360 g/mol. The number of hydrogen-bond acceptors (Lipinski definition) is 3. The first-order chi connectivity index (χ1) is 12.4. The highest BCUT2D eigenvalue weighted by atomic mass is 19.4. The van der Waals surface area contributed by atoms with Gasteiger partial charge in [-0.1, -0.05) is 24.3 Å². The molecule has 1 atom stereocenters. The Morgan fingerprint density at radius 3 is 2.62 bits per heavy atom. The van der Waals surface area contributed by atoms with Gasteiger partial charge in [-0.25, -0.2) is 4.98 Å². The second-order valence-electron chi connectivity index (χ2n) is 6.78. The van der Waals surface area contributed by atoms with Gasteiger partial charge >= 0.3 is 6.18 Å². The van der Waals surface area contributed by atoms with E-state index in [0.717, 1.165) is 30.0 Å². The molecule has 0 radical (unpaired) electrons. The summed E-state index contributed by atoms with van der Waals surface area (Å²) in [4.78, 5) is 6.69. The molecule has 0 bridgehead atoms. The van der Waals surface area contributed by atoms with Crippen molar-refractivity contribution >= 4 is 11.1 Å². The zero-order valence-electron chi connectivity index (χ0n) is 14.3. The number of oxazole rings is 1. The molecule has 1 saturated carbocycles. The third-order valence-corrected chi connectivity index (χ3v) is 4.87. The third-order valence-electron chi connectivity index (χ3n) is 4.87. The lowest BCUT2D eigenvalue weighted by atomic mass is 10.0. The number of hydrogen-bond donors (Lipinski definition) is 0. The van der Waals surface area contributed by atoms with Crippen molar-refractivity contribution in [3.8, 4) is 0 Å². The van der Waals surface area contributed by atoms with E-state index in [1.165, 1.54) is 12.1 Å². The predicted molar refractivity (Wildman–Crippen MR) is 92.4 cm³/mol. The maximum Gasteiger partial charge on any atom is 0.416 e. The standard InChI is InChI=1S/C20H19F3N2O/c1-13(14-5-4-6-15(11-14)20(21,22)23)25(16-9-10-16)12-19-24-17-7-2-3-8-18(17)26-19/h2-8,11,13,16H,9-10,12H2,1H3. The lowest BCUT2D eigenvalue weighted by Crippen LogP contribution is -2.29. The van der Waals surface area contributed by atoms with Gasteiger partial charge in [0.05, 0.1) is 12.1 Å². The fourth-order valence-corrected chi connectivity index (χ4v) is 3.30. The van der Waals surface area contributed by atoms with Crippen LogP contribution in [0.15, 0.2) is 52.9 Å². The predicted octanol–water partition coefficient (Wildman–Crippen LogP) is 5.57. The highest BCUT2D eigenvalue weighted by molar-refractivity contribution is 5.72. The first-order valence-corrected chi connectivity index (χ1v) is 8.69. The fraction of sp³-hybridized carbons (Fsp3) is 0.350. The number of benzene rings is 2. The van der Waals surface area contributed by atoms with Crippen molar-refractivity contribution in [2.24, 2.45) is 0 Å². The minimum atomic E-state index is -4.33. The van der Waals surface area contributed by atoms with Crippen LogP contribution >= 0.6 is 0 Å². The molecular formula is C20H19F3N2O. The van der Waals surface area contributed by atoms with E-state index in [1.807, 2.05) is 31.2 Å². The smallest absolute Gasteiger partial charge is 0.416 e. The summed E-state index contributed by atoms with van der Waals surface area (Å²) in [7, 11) is 0. The quantitative estimate of drug-likeness (QED) is 0.595. The number of alkyl halides is 3. The van der Waals surface area contributed by atoms with Crippen molar-refractivity contribution in [1.29, 1.82) is 0 Å². The molecule has 26 heavy (non-hydrogen) atoms. The van der Waals surface area contributed by atoms with Crippen LogP contribution in [0.25, 0.3) is 11.1 Å². The summed E-state index contributed by atoms with van der Waals surface area (Å²) in [6.07, 6.45) is -2.24. The topological polar surface area (TPSA) is 29.3 Å². The summed E-state index contributed by atoms with van der Waals surface area (Å²) in [5, 5.41) is 0. The number of halogens is 3. The number of fused-ring (bicyclic) bond motifs is 1. The molecule has 0 spiro atoms. The number of rotatable bonds is 5. The summed E-state index contributed by atoms with van der Waals surface area (Å²) in [6, 6.07) is 13.3. The van der Waals surface area contributed by atoms with E-state index in [4.69, 9.17) is 4.42 Å². The summed E-state index contributed by atoms with van der Waals surface area (Å²) in [5.41, 5.74) is 1.57. The Morgan fingerprint density at radius 2 is 1.92 bits per heavy atom. The van der Waals surface area contributed by atoms with Crippen LogP contribution in [0, 0.1) is 0 Å². The summed E-state index contributed by atoms with van der Waals surface area (Å²) in [6.45, 7) is 2.42. The normalized spacial score (nSPS) is 16.3. The largest absolute Gasteiger partial charge is 0.439 e. The Balaban J connectivity index is 1.60. The number of aromatic nitrogens is 1. The molecule has 0 N–H and O–H groups in total. The molecule has 0 saturated heterocycles. The van der Waals surface area contributed by atoms with Crippen molar-refractivity contribution in [3.63, 3.8) is 0 Å². The summed E-state index contributed by atoms with van der Waals surface area (Å²) < 4.78 is 44.9. The van der Waals surface area contributed by atoms with Crippen LogP contribution in [0.3, 0.4) is 0 Å². The van der Waals surface area contributed by atoms with Crippen molar-refractivity contribution < 1.29 is 17.6 Å². The van der Waals surface area contributed by atoms with E-state index >= 15 is 0 Å². The van der Waals surface area contributed by atoms with Gasteiger partial charge in [0, 0.05) is 12.1 Å². The molecule has 1 aliphatic carbocycles. The van der Waals surface area contributed by atoms with Gasteiger partial charge in [0.1, 0.15) is 5.52 Å². The van der Waals surface area contributed by atoms with Crippen molar-refractivity contribution in [3.05, 3.63) is 65.5 Å². The van der Waals surface area contributed by atoms with Crippen LogP contribution in [0.5, 0.6) is 0 Å². The number of para-hydroxylation sites is 2. The molecule has 1 unspecified atom stereocenters. The van der Waals surface area contributed by atoms with Gasteiger partial charge in [0.2, 0.25) is 5.89 Å². The van der Waals surface area contributed by atoms with Gasteiger partial charge in [-0.05, 0) is 49.6 Å². The average Bonchev–Trinajstić information content (AvgIpc) is 3.37. The van der Waals surface area contributed by atoms with Gasteiger partial charge in [0.25, 0.3) is 0 Å². The molecule has 3 nitrogen and oxygen atoms in total. The molecule has 6 heteroatoms. The average molecular weight is 360 g/mol. The summed E-state index contributed by atoms with van der Waals surface area (Å²) >= 11 is 0. The molecule has 1 aliphatic rings. The Kier molecular flexibility index (Phi) is 4.23. The van der Waals surface area contributed by atoms with Crippen LogP contribution in [-0.2, 0) is 12.7 Å². The SMILES string of the molecule is CC(c1cccc(C(F)(F)F)c1)N(Cc1nc2ccccc2o1)C1CC1. The van der Waals surface area contributed by atoms with E-state index in [-0.39, 0.29) is 6.04 Å². The molecule has 136 valence electrons. The third kappa shape index (κ3) is 3.46. The van der Waals surface area contributed by atoms with Crippen molar-refractivity contribution in [2.45, 2.75) is 44.6 Å². The van der Waals surface area contributed by atoms with Gasteiger partial charge in [0.15, 0.2) is 5.58 Å². The molecule has 4 rings (SSSR count). The molecule has 3 aromatic rings. The highest BCUT2D eigenvalue weighted by Crippen LogP contribution is 2.37. The van der Waals surface area contributed by atoms with Crippen molar-refractivity contribution in [1.82, 2.24) is 9.88 Å². The minimum absolute atomic E-state index is 0.153. The second kappa shape index (κ2) is 6.43. The Bertz CT molecular complexity index is 882. The van der Waals surface area contributed by atoms with Gasteiger partial charge in [-0.2, -0.15) is 13.2 Å². The Hall–Kier alpha value is -2.34. The molecular weight excluding hydrogens is 341 g/mol. The van der Waals surface area contributed by atoms with Gasteiger partial charge in [-0.15, -0.1) is 0 Å². The van der Waals surface area contributed by atoms with Crippen LogP contribution in [0.1, 0.15) is 42.8 Å². The van der Waals surface area contributed by atoms with Crippen molar-refractivity contribution in [2.75, 3.05) is 0 Å². The number of nitrogens with zero attached hydrogens (tertiary/aromatic N) is 2. The second-order valence-corrected chi connectivity index (χ2v) is 6.78. The Labute approximate surface area is 149 Å². The van der Waals surface area contributed by atoms with Gasteiger partial charge in [-0.3, -0.25) is 4.90 Å². The molecule has 1 heterocycles. The zero-order valence-corrected chi connectivity index (χ0v) is 14.3. The van der Waals surface area contributed by atoms with Crippen LogP contribution in [0.4, 0.5) is 13.2 Å². The van der Waals surface area contributed by atoms with E-state index in [0.29, 0.717) is 24.0 Å². The molecule has 1 fully saturated rings. The van der Waals surface area contributed by atoms with E-state index < -0.39 is 11.7 Å². The first-order valence-electron chi connectivity index (χ1n) is 8.69. The molecule has 2 aromatic carbocycles. The maximum absolute atomic E-state index is 13.0. The van der Waals surface area contributed by atoms with Crippen LogP contribution < -0.4 is 0 Å². The van der Waals surface area contributed by atoms with Gasteiger partial charge < -0.3 is 4.42 Å². The van der Waals surface area contributed by atoms with Crippen LogP contribution in [-0.4, -0.2) is 15.9 Å². The lowest BCUT2D eigenvalue weighted by molar-refractivity contribution is -0.137. The maximum atomic E-state index is 13.0. The molecule has 1 aromatic heterocycles. The van der Waals surface area contributed by atoms with E-state index in [2.05, 4.69) is 9.88 Å².